The van der Waals surface area contributed by atoms with E-state index in [0.717, 1.165) is 15.7 Å². The van der Waals surface area contributed by atoms with Crippen LogP contribution in [0.2, 0.25) is 5.02 Å². The fourth-order valence-corrected chi connectivity index (χ4v) is 3.28. The predicted octanol–water partition coefficient (Wildman–Crippen LogP) is 6.52. The first-order chi connectivity index (χ1) is 12.5. The normalized spacial score (nSPS) is 10.5. The fourth-order valence-electron chi connectivity index (χ4n) is 2.29. The maximum absolute atomic E-state index is 5.96. The first kappa shape index (κ1) is 19.3. The van der Waals surface area contributed by atoms with Gasteiger partial charge in [0.1, 0.15) is 5.75 Å². The summed E-state index contributed by atoms with van der Waals surface area (Å²) < 4.78 is 13.5. The van der Waals surface area contributed by atoms with Crippen molar-refractivity contribution in [2.24, 2.45) is 0 Å². The molecule has 0 saturated heterocycles. The Hall–Kier alpha value is -1.51. The van der Waals surface area contributed by atoms with E-state index in [1.807, 2.05) is 12.1 Å². The van der Waals surface area contributed by atoms with Crippen LogP contribution in [-0.4, -0.2) is 12.1 Å². The molecular formula is C19H15BrClIN2O2. The zero-order chi connectivity index (χ0) is 18.5. The van der Waals surface area contributed by atoms with Crippen LogP contribution in [-0.2, 0) is 6.54 Å². The molecule has 0 radical (unpaired) electrons. The lowest BCUT2D eigenvalue weighted by atomic mass is 10.2. The fraction of sp³-hybridized carbons (Fsp3) is 0.105. The molecule has 0 bridgehead atoms. The number of methoxy groups -OCH3 is 1. The maximum Gasteiger partial charge on any atom is 0.170 e. The minimum Gasteiger partial charge on any atom is -0.493 e. The van der Waals surface area contributed by atoms with Gasteiger partial charge in [0.25, 0.3) is 0 Å². The Kier molecular flexibility index (Phi) is 6.61. The first-order valence-corrected chi connectivity index (χ1v) is 9.94. The summed E-state index contributed by atoms with van der Waals surface area (Å²) in [6, 6.07) is 13.8. The second kappa shape index (κ2) is 8.92. The molecule has 0 saturated carbocycles. The Labute approximate surface area is 179 Å². The van der Waals surface area contributed by atoms with Gasteiger partial charge in [-0.25, -0.2) is 0 Å². The van der Waals surface area contributed by atoms with E-state index in [1.165, 1.54) is 3.57 Å². The van der Waals surface area contributed by atoms with Crippen molar-refractivity contribution in [3.05, 3.63) is 73.5 Å². The van der Waals surface area contributed by atoms with E-state index in [-0.39, 0.29) is 0 Å². The molecule has 3 aromatic rings. The SMILES string of the molecule is COc1cc(CNc2ccc(I)cc2)c(Br)cc1Oc1cncc(Cl)c1. The van der Waals surface area contributed by atoms with Crippen molar-refractivity contribution < 1.29 is 9.47 Å². The molecule has 2 aromatic carbocycles. The second-order valence-corrected chi connectivity index (χ2v) is 7.93. The molecule has 0 amide bonds. The van der Waals surface area contributed by atoms with E-state index in [9.17, 15) is 0 Å². The molecule has 4 nitrogen and oxygen atoms in total. The average Bonchev–Trinajstić information content (AvgIpc) is 2.62. The minimum atomic E-state index is 0.513. The third-order valence-corrected chi connectivity index (χ3v) is 5.23. The number of benzene rings is 2. The molecule has 26 heavy (non-hydrogen) atoms. The summed E-state index contributed by atoms with van der Waals surface area (Å²) in [5.74, 6) is 1.77. The molecule has 1 N–H and O–H groups in total. The highest BCUT2D eigenvalue weighted by molar-refractivity contribution is 14.1. The Morgan fingerprint density at radius 3 is 2.58 bits per heavy atom. The summed E-state index contributed by atoms with van der Waals surface area (Å²) >= 11 is 11.9. The smallest absolute Gasteiger partial charge is 0.170 e. The van der Waals surface area contributed by atoms with Crippen LogP contribution in [0.5, 0.6) is 17.2 Å². The summed E-state index contributed by atoms with van der Waals surface area (Å²) in [5.41, 5.74) is 2.11. The van der Waals surface area contributed by atoms with Crippen molar-refractivity contribution >= 4 is 55.8 Å². The summed E-state index contributed by atoms with van der Waals surface area (Å²) in [6.07, 6.45) is 3.16. The summed E-state index contributed by atoms with van der Waals surface area (Å²) in [5, 5.41) is 3.91. The number of halogens is 3. The van der Waals surface area contributed by atoms with Crippen LogP contribution in [0.3, 0.4) is 0 Å². The molecule has 0 aliphatic carbocycles. The first-order valence-electron chi connectivity index (χ1n) is 7.69. The number of ether oxygens (including phenoxy) is 2. The van der Waals surface area contributed by atoms with E-state index in [4.69, 9.17) is 21.1 Å². The Morgan fingerprint density at radius 2 is 1.88 bits per heavy atom. The maximum atomic E-state index is 5.96. The molecule has 7 heteroatoms. The molecule has 0 unspecified atom stereocenters. The third-order valence-electron chi connectivity index (χ3n) is 3.57. The highest BCUT2D eigenvalue weighted by Gasteiger charge is 2.12. The van der Waals surface area contributed by atoms with Crippen LogP contribution in [0.4, 0.5) is 5.69 Å². The minimum absolute atomic E-state index is 0.513. The van der Waals surface area contributed by atoms with Crippen molar-refractivity contribution in [3.63, 3.8) is 0 Å². The van der Waals surface area contributed by atoms with Gasteiger partial charge in [-0.05, 0) is 64.6 Å². The number of rotatable bonds is 6. The molecule has 134 valence electrons. The number of pyridine rings is 1. The summed E-state index contributed by atoms with van der Waals surface area (Å²) in [7, 11) is 1.61. The van der Waals surface area contributed by atoms with Crippen molar-refractivity contribution in [3.8, 4) is 17.2 Å². The van der Waals surface area contributed by atoms with Gasteiger partial charge in [-0.1, -0.05) is 27.5 Å². The van der Waals surface area contributed by atoms with Crippen molar-refractivity contribution in [2.45, 2.75) is 6.54 Å². The van der Waals surface area contributed by atoms with Gasteiger partial charge in [-0.15, -0.1) is 0 Å². The van der Waals surface area contributed by atoms with Crippen molar-refractivity contribution in [1.82, 2.24) is 4.98 Å². The van der Waals surface area contributed by atoms with E-state index in [1.54, 1.807) is 25.6 Å². The molecule has 0 fully saturated rings. The Balaban J connectivity index is 1.79. The van der Waals surface area contributed by atoms with Gasteiger partial charge in [-0.3, -0.25) is 4.98 Å². The zero-order valence-corrected chi connectivity index (χ0v) is 18.3. The number of hydrogen-bond donors (Lipinski definition) is 1. The molecule has 1 aromatic heterocycles. The number of anilines is 1. The lowest BCUT2D eigenvalue weighted by Crippen LogP contribution is -2.01. The van der Waals surface area contributed by atoms with Crippen LogP contribution < -0.4 is 14.8 Å². The highest BCUT2D eigenvalue weighted by atomic mass is 127. The topological polar surface area (TPSA) is 43.4 Å². The Morgan fingerprint density at radius 1 is 1.12 bits per heavy atom. The van der Waals surface area contributed by atoms with E-state index in [0.29, 0.717) is 28.8 Å². The molecule has 0 spiro atoms. The van der Waals surface area contributed by atoms with Gasteiger partial charge < -0.3 is 14.8 Å². The van der Waals surface area contributed by atoms with E-state index in [2.05, 4.69) is 73.1 Å². The van der Waals surface area contributed by atoms with Gasteiger partial charge >= 0.3 is 0 Å². The van der Waals surface area contributed by atoms with Gasteiger partial charge in [0.05, 0.1) is 18.3 Å². The largest absolute Gasteiger partial charge is 0.493 e. The zero-order valence-electron chi connectivity index (χ0n) is 13.8. The lowest BCUT2D eigenvalue weighted by molar-refractivity contribution is 0.377. The lowest BCUT2D eigenvalue weighted by Gasteiger charge is -2.14. The Bertz CT molecular complexity index is 907. The monoisotopic (exact) mass is 544 g/mol. The number of aromatic nitrogens is 1. The number of nitrogens with zero attached hydrogens (tertiary/aromatic N) is 1. The van der Waals surface area contributed by atoms with E-state index >= 15 is 0 Å². The molecule has 0 aliphatic heterocycles. The average molecular weight is 546 g/mol. The second-order valence-electron chi connectivity index (χ2n) is 5.40. The van der Waals surface area contributed by atoms with Gasteiger partial charge in [0, 0.05) is 32.5 Å². The summed E-state index contributed by atoms with van der Waals surface area (Å²) in [6.45, 7) is 0.649. The van der Waals surface area contributed by atoms with Gasteiger partial charge in [-0.2, -0.15) is 0 Å². The molecule has 0 aliphatic rings. The summed E-state index contributed by atoms with van der Waals surface area (Å²) in [4.78, 5) is 4.03. The molecule has 1 heterocycles. The van der Waals surface area contributed by atoms with Crippen LogP contribution >= 0.6 is 50.1 Å². The standard InChI is InChI=1S/C19H15BrClIN2O2/c1-25-18-6-12(9-24-15-4-2-14(22)3-5-15)17(20)8-19(18)26-16-7-13(21)10-23-11-16/h2-8,10-11,24H,9H2,1H3. The number of nitrogens with one attached hydrogen (secondary N) is 1. The van der Waals surface area contributed by atoms with E-state index < -0.39 is 0 Å². The molecule has 0 atom stereocenters. The van der Waals surface area contributed by atoms with Crippen molar-refractivity contribution in [2.75, 3.05) is 12.4 Å². The van der Waals surface area contributed by atoms with Crippen LogP contribution in [0.25, 0.3) is 0 Å². The van der Waals surface area contributed by atoms with Crippen LogP contribution in [0.1, 0.15) is 5.56 Å². The predicted molar refractivity (Wildman–Crippen MR) is 117 cm³/mol. The van der Waals surface area contributed by atoms with Crippen molar-refractivity contribution in [1.29, 1.82) is 0 Å². The highest BCUT2D eigenvalue weighted by Crippen LogP contribution is 2.37. The molecule has 3 rings (SSSR count). The third kappa shape index (κ3) is 5.02. The van der Waals surface area contributed by atoms with Gasteiger partial charge in [0.15, 0.2) is 11.5 Å². The van der Waals surface area contributed by atoms with Crippen LogP contribution in [0.15, 0.2) is 59.3 Å². The quantitative estimate of drug-likeness (QED) is 0.359. The van der Waals surface area contributed by atoms with Gasteiger partial charge in [0.2, 0.25) is 0 Å². The van der Waals surface area contributed by atoms with Crippen LogP contribution in [0, 0.1) is 3.57 Å². The molecular weight excluding hydrogens is 530 g/mol. The number of hydrogen-bond acceptors (Lipinski definition) is 4.